The highest BCUT2D eigenvalue weighted by atomic mass is 16.2. The number of carbonyl (C=O) groups is 1. The smallest absolute Gasteiger partial charge is 0.275 e. The zero-order valence-electron chi connectivity index (χ0n) is 18.1. The number of benzene rings is 2. The molecule has 0 fully saturated rings. The summed E-state index contributed by atoms with van der Waals surface area (Å²) in [5.41, 5.74) is 4.44. The molecule has 0 saturated heterocycles. The Labute approximate surface area is 192 Å². The molecule has 0 aliphatic rings. The van der Waals surface area contributed by atoms with E-state index in [-0.39, 0.29) is 5.91 Å². The van der Waals surface area contributed by atoms with Gasteiger partial charge in [-0.3, -0.25) is 9.79 Å². The molecule has 0 spiro atoms. The van der Waals surface area contributed by atoms with Crippen molar-refractivity contribution >= 4 is 17.4 Å². The largest absolute Gasteiger partial charge is 0.340 e. The number of imidazole rings is 1. The van der Waals surface area contributed by atoms with E-state index in [0.717, 1.165) is 22.4 Å². The lowest BCUT2D eigenvalue weighted by Gasteiger charge is -2.09. The summed E-state index contributed by atoms with van der Waals surface area (Å²) in [7, 11) is 1.91. The van der Waals surface area contributed by atoms with E-state index in [1.807, 2.05) is 66.3 Å². The molecule has 2 aromatic carbocycles. The van der Waals surface area contributed by atoms with Crippen molar-refractivity contribution in [2.45, 2.75) is 6.42 Å². The number of nitrogens with zero attached hydrogens (tertiary/aromatic N) is 5. The van der Waals surface area contributed by atoms with Crippen molar-refractivity contribution < 1.29 is 4.79 Å². The molecule has 33 heavy (non-hydrogen) atoms. The van der Waals surface area contributed by atoms with Crippen LogP contribution in [0.25, 0.3) is 11.3 Å². The van der Waals surface area contributed by atoms with Gasteiger partial charge in [-0.15, -0.1) is 0 Å². The highest BCUT2D eigenvalue weighted by molar-refractivity contribution is 6.48. The van der Waals surface area contributed by atoms with Gasteiger partial charge in [-0.25, -0.2) is 9.97 Å². The van der Waals surface area contributed by atoms with Crippen LogP contribution in [-0.4, -0.2) is 32.7 Å². The molecular formula is C26H22N6O. The molecule has 0 saturated carbocycles. The van der Waals surface area contributed by atoms with Crippen molar-refractivity contribution in [2.24, 2.45) is 12.0 Å². The van der Waals surface area contributed by atoms with Gasteiger partial charge in [0.25, 0.3) is 5.91 Å². The van der Waals surface area contributed by atoms with Crippen LogP contribution in [0.1, 0.15) is 16.7 Å². The van der Waals surface area contributed by atoms with Gasteiger partial charge < -0.3 is 9.88 Å². The summed E-state index contributed by atoms with van der Waals surface area (Å²) in [5, 5.41) is 11.8. The SMILES string of the molecule is Cn1cnc(-c2ccc(NC(=O)/C(=N/CCc3ccc(C#N)cc3)c3ccccc3)nc2)c1. The molecule has 0 aliphatic heterocycles. The van der Waals surface area contributed by atoms with Gasteiger partial charge in [-0.05, 0) is 36.2 Å². The maximum Gasteiger partial charge on any atom is 0.275 e. The molecule has 0 radical (unpaired) electrons. The molecule has 162 valence electrons. The van der Waals surface area contributed by atoms with Crippen molar-refractivity contribution in [1.82, 2.24) is 14.5 Å². The predicted molar refractivity (Wildman–Crippen MR) is 128 cm³/mol. The Hall–Kier alpha value is -4.57. The van der Waals surface area contributed by atoms with Crippen molar-refractivity contribution in [3.63, 3.8) is 0 Å². The number of anilines is 1. The Bertz CT molecular complexity index is 1300. The van der Waals surface area contributed by atoms with Gasteiger partial charge in [0, 0.05) is 37.1 Å². The fourth-order valence-electron chi connectivity index (χ4n) is 3.29. The van der Waals surface area contributed by atoms with Crippen molar-refractivity contribution in [1.29, 1.82) is 5.26 Å². The van der Waals surface area contributed by atoms with Crippen LogP contribution in [0.2, 0.25) is 0 Å². The normalized spacial score (nSPS) is 11.1. The van der Waals surface area contributed by atoms with Gasteiger partial charge in [0.15, 0.2) is 0 Å². The van der Waals surface area contributed by atoms with E-state index >= 15 is 0 Å². The van der Waals surface area contributed by atoms with Gasteiger partial charge in [-0.2, -0.15) is 5.26 Å². The number of aryl methyl sites for hydroxylation is 1. The van der Waals surface area contributed by atoms with Gasteiger partial charge in [-0.1, -0.05) is 42.5 Å². The van der Waals surface area contributed by atoms with E-state index in [2.05, 4.69) is 26.3 Å². The summed E-state index contributed by atoms with van der Waals surface area (Å²) in [6.07, 6.45) is 5.98. The molecule has 2 aromatic heterocycles. The Balaban J connectivity index is 1.48. The van der Waals surface area contributed by atoms with Crippen LogP contribution in [0.15, 0.2) is 90.4 Å². The maximum atomic E-state index is 13.1. The first-order valence-electron chi connectivity index (χ1n) is 10.5. The van der Waals surface area contributed by atoms with E-state index in [1.165, 1.54) is 0 Å². The molecular weight excluding hydrogens is 412 g/mol. The fourth-order valence-corrected chi connectivity index (χ4v) is 3.29. The molecule has 1 amide bonds. The first-order valence-corrected chi connectivity index (χ1v) is 10.5. The number of nitriles is 1. The van der Waals surface area contributed by atoms with Crippen LogP contribution in [-0.2, 0) is 18.3 Å². The van der Waals surface area contributed by atoms with Crippen molar-refractivity contribution in [2.75, 3.05) is 11.9 Å². The number of aliphatic imine (C=N–C) groups is 1. The Morgan fingerprint density at radius 3 is 2.48 bits per heavy atom. The highest BCUT2D eigenvalue weighted by Crippen LogP contribution is 2.17. The van der Waals surface area contributed by atoms with Gasteiger partial charge in [0.1, 0.15) is 11.5 Å². The number of aromatic nitrogens is 3. The molecule has 1 N–H and O–H groups in total. The van der Waals surface area contributed by atoms with Crippen LogP contribution < -0.4 is 5.32 Å². The minimum absolute atomic E-state index is 0.320. The summed E-state index contributed by atoms with van der Waals surface area (Å²) in [5.74, 6) is 0.120. The lowest BCUT2D eigenvalue weighted by Crippen LogP contribution is -2.25. The molecule has 0 bridgehead atoms. The number of nitrogens with one attached hydrogen (secondary N) is 1. The number of carbonyl (C=O) groups excluding carboxylic acids is 1. The lowest BCUT2D eigenvalue weighted by atomic mass is 10.1. The molecule has 7 heteroatoms. The summed E-state index contributed by atoms with van der Waals surface area (Å²) in [6.45, 7) is 0.440. The third kappa shape index (κ3) is 5.57. The van der Waals surface area contributed by atoms with Gasteiger partial charge >= 0.3 is 0 Å². The van der Waals surface area contributed by atoms with Gasteiger partial charge in [0.2, 0.25) is 0 Å². The summed E-state index contributed by atoms with van der Waals surface area (Å²) >= 11 is 0. The fraction of sp³-hybridized carbons (Fsp3) is 0.115. The quantitative estimate of drug-likeness (QED) is 0.444. The van der Waals surface area contributed by atoms with E-state index in [4.69, 9.17) is 5.26 Å². The van der Waals surface area contributed by atoms with E-state index < -0.39 is 0 Å². The molecule has 0 unspecified atom stereocenters. The first-order chi connectivity index (χ1) is 16.1. The Kier molecular flexibility index (Phi) is 6.67. The number of amides is 1. The first kappa shape index (κ1) is 21.7. The standard InChI is InChI=1S/C26H22N6O/c1-32-17-23(30-18-32)22-11-12-24(29-16-22)31-26(33)25(21-5-3-2-4-6-21)28-14-13-19-7-9-20(15-27)10-8-19/h2-12,16-18H,13-14H2,1H3,(H,29,31,33)/b28-25+. The topological polar surface area (TPSA) is 96.0 Å². The molecule has 0 atom stereocenters. The zero-order valence-corrected chi connectivity index (χ0v) is 18.1. The third-order valence-electron chi connectivity index (χ3n) is 5.02. The predicted octanol–water partition coefficient (Wildman–Crippen LogP) is 4.02. The average molecular weight is 435 g/mol. The lowest BCUT2D eigenvalue weighted by molar-refractivity contribution is -0.110. The highest BCUT2D eigenvalue weighted by Gasteiger charge is 2.15. The number of rotatable bonds is 7. The van der Waals surface area contributed by atoms with Crippen LogP contribution >= 0.6 is 0 Å². The minimum atomic E-state index is -0.320. The van der Waals surface area contributed by atoms with E-state index in [0.29, 0.717) is 30.1 Å². The second-order valence-electron chi connectivity index (χ2n) is 7.47. The van der Waals surface area contributed by atoms with Gasteiger partial charge in [0.05, 0.1) is 23.7 Å². The second kappa shape index (κ2) is 10.2. The van der Waals surface area contributed by atoms with E-state index in [1.54, 1.807) is 30.7 Å². The summed E-state index contributed by atoms with van der Waals surface area (Å²) in [6, 6.07) is 22.5. The molecule has 2 heterocycles. The molecule has 0 aliphatic carbocycles. The van der Waals surface area contributed by atoms with Crippen LogP contribution in [0.3, 0.4) is 0 Å². The summed E-state index contributed by atoms with van der Waals surface area (Å²) in [4.78, 5) is 26.3. The third-order valence-corrected chi connectivity index (χ3v) is 5.02. The molecule has 4 rings (SSSR count). The molecule has 4 aromatic rings. The molecule has 7 nitrogen and oxygen atoms in total. The minimum Gasteiger partial charge on any atom is -0.340 e. The van der Waals surface area contributed by atoms with Crippen molar-refractivity contribution in [3.05, 3.63) is 102 Å². The monoisotopic (exact) mass is 434 g/mol. The summed E-state index contributed by atoms with van der Waals surface area (Å²) < 4.78 is 1.87. The van der Waals surface area contributed by atoms with Crippen molar-refractivity contribution in [3.8, 4) is 17.3 Å². The second-order valence-corrected chi connectivity index (χ2v) is 7.47. The van der Waals surface area contributed by atoms with E-state index in [9.17, 15) is 4.79 Å². The maximum absolute atomic E-state index is 13.1. The number of pyridine rings is 1. The van der Waals surface area contributed by atoms with Crippen LogP contribution in [0.4, 0.5) is 5.82 Å². The number of hydrogen-bond donors (Lipinski definition) is 1. The Morgan fingerprint density at radius 2 is 1.85 bits per heavy atom. The Morgan fingerprint density at radius 1 is 1.06 bits per heavy atom. The number of hydrogen-bond acceptors (Lipinski definition) is 5. The van der Waals surface area contributed by atoms with Crippen LogP contribution in [0.5, 0.6) is 0 Å². The zero-order chi connectivity index (χ0) is 23.0. The average Bonchev–Trinajstić information content (AvgIpc) is 3.29. The van der Waals surface area contributed by atoms with Crippen LogP contribution in [0, 0.1) is 11.3 Å².